The highest BCUT2D eigenvalue weighted by Crippen LogP contribution is 2.13. The topological polar surface area (TPSA) is 17.8 Å². The predicted octanol–water partition coefficient (Wildman–Crippen LogP) is 2.91. The van der Waals surface area contributed by atoms with E-state index in [2.05, 4.69) is 21.7 Å². The van der Waals surface area contributed by atoms with Gasteiger partial charge in [-0.3, -0.25) is 4.98 Å². The van der Waals surface area contributed by atoms with Crippen LogP contribution in [-0.2, 0) is 7.05 Å². The van der Waals surface area contributed by atoms with Crippen molar-refractivity contribution in [3.63, 3.8) is 0 Å². The van der Waals surface area contributed by atoms with Crippen LogP contribution in [0.15, 0.2) is 24.5 Å². The van der Waals surface area contributed by atoms with Gasteiger partial charge in [0.15, 0.2) is 0 Å². The largest absolute Gasteiger partial charge is 0.349 e. The van der Waals surface area contributed by atoms with Gasteiger partial charge in [0.05, 0.1) is 11.7 Å². The fraction of sp³-hybridized carbons (Fsp3) is 0.364. The van der Waals surface area contributed by atoms with E-state index in [0.717, 1.165) is 5.69 Å². The predicted molar refractivity (Wildman–Crippen MR) is 56.8 cm³/mol. The molecule has 2 aromatic heterocycles. The number of aryl methyl sites for hydroxylation is 2. The first-order valence-corrected chi connectivity index (χ1v) is 4.65. The molecule has 13 heavy (non-hydrogen) atoms. The SMILES string of the molecule is CC.Cc1cc2ccn(C)c2cn1. The third kappa shape index (κ3) is 1.89. The Kier molecular flexibility index (Phi) is 3.07. The van der Waals surface area contributed by atoms with E-state index in [-0.39, 0.29) is 0 Å². The second kappa shape index (κ2) is 4.08. The molecule has 0 aliphatic heterocycles. The van der Waals surface area contributed by atoms with Crippen LogP contribution in [0.2, 0.25) is 0 Å². The lowest BCUT2D eigenvalue weighted by Crippen LogP contribution is -1.85. The van der Waals surface area contributed by atoms with Crippen molar-refractivity contribution in [3.05, 3.63) is 30.2 Å². The van der Waals surface area contributed by atoms with Crippen LogP contribution in [0.3, 0.4) is 0 Å². The maximum absolute atomic E-state index is 4.22. The van der Waals surface area contributed by atoms with Crippen molar-refractivity contribution >= 4 is 10.9 Å². The summed E-state index contributed by atoms with van der Waals surface area (Å²) in [6.07, 6.45) is 3.95. The minimum atomic E-state index is 1.07. The lowest BCUT2D eigenvalue weighted by atomic mass is 10.3. The van der Waals surface area contributed by atoms with Gasteiger partial charge in [0, 0.05) is 24.3 Å². The Balaban J connectivity index is 0.000000396. The summed E-state index contributed by atoms with van der Waals surface area (Å²) in [4.78, 5) is 4.22. The van der Waals surface area contributed by atoms with Gasteiger partial charge in [0.25, 0.3) is 0 Å². The van der Waals surface area contributed by atoms with E-state index >= 15 is 0 Å². The Morgan fingerprint density at radius 3 is 2.69 bits per heavy atom. The Morgan fingerprint density at radius 2 is 2.00 bits per heavy atom. The van der Waals surface area contributed by atoms with E-state index in [0.29, 0.717) is 0 Å². The lowest BCUT2D eigenvalue weighted by Gasteiger charge is -1.95. The van der Waals surface area contributed by atoms with Crippen LogP contribution in [0.1, 0.15) is 19.5 Å². The van der Waals surface area contributed by atoms with Crippen LogP contribution in [0.25, 0.3) is 10.9 Å². The van der Waals surface area contributed by atoms with E-state index in [1.807, 2.05) is 40.2 Å². The van der Waals surface area contributed by atoms with E-state index in [9.17, 15) is 0 Å². The van der Waals surface area contributed by atoms with Gasteiger partial charge in [-0.05, 0) is 19.1 Å². The summed E-state index contributed by atoms with van der Waals surface area (Å²) in [5, 5.41) is 1.26. The van der Waals surface area contributed by atoms with Gasteiger partial charge in [-0.25, -0.2) is 0 Å². The number of hydrogen-bond donors (Lipinski definition) is 0. The molecule has 0 aliphatic carbocycles. The van der Waals surface area contributed by atoms with Gasteiger partial charge < -0.3 is 4.57 Å². The smallest absolute Gasteiger partial charge is 0.0664 e. The molecule has 70 valence electrons. The van der Waals surface area contributed by atoms with Gasteiger partial charge in [0.1, 0.15) is 0 Å². The molecule has 0 fully saturated rings. The molecular formula is C11H16N2. The van der Waals surface area contributed by atoms with E-state index in [1.54, 1.807) is 0 Å². The third-order valence-electron chi connectivity index (χ3n) is 1.91. The van der Waals surface area contributed by atoms with Crippen molar-refractivity contribution in [2.75, 3.05) is 0 Å². The summed E-state index contributed by atoms with van der Waals surface area (Å²) in [6.45, 7) is 6.01. The first kappa shape index (κ1) is 9.78. The van der Waals surface area contributed by atoms with E-state index in [1.165, 1.54) is 10.9 Å². The number of fused-ring (bicyclic) bond motifs is 1. The van der Waals surface area contributed by atoms with Crippen LogP contribution in [0, 0.1) is 6.92 Å². The third-order valence-corrected chi connectivity index (χ3v) is 1.91. The molecule has 0 radical (unpaired) electrons. The zero-order valence-electron chi connectivity index (χ0n) is 8.70. The Labute approximate surface area is 79.2 Å². The molecule has 0 aromatic carbocycles. The van der Waals surface area contributed by atoms with Crippen molar-refractivity contribution in [2.24, 2.45) is 7.05 Å². The quantitative estimate of drug-likeness (QED) is 0.603. The average Bonchev–Trinajstić information content (AvgIpc) is 2.51. The summed E-state index contributed by atoms with van der Waals surface area (Å²) < 4.78 is 2.07. The summed E-state index contributed by atoms with van der Waals surface area (Å²) in [6, 6.07) is 4.19. The standard InChI is InChI=1S/C9H10N2.C2H6/c1-7-5-8-3-4-11(2)9(8)6-10-7;1-2/h3-6H,1-2H3;1-2H3. The molecule has 0 saturated heterocycles. The molecule has 0 aliphatic rings. The number of rotatable bonds is 0. The Morgan fingerprint density at radius 1 is 1.31 bits per heavy atom. The summed E-state index contributed by atoms with van der Waals surface area (Å²) >= 11 is 0. The molecule has 0 bridgehead atoms. The molecule has 0 N–H and O–H groups in total. The summed E-state index contributed by atoms with van der Waals surface area (Å²) in [5.74, 6) is 0. The van der Waals surface area contributed by atoms with Crippen LogP contribution in [-0.4, -0.2) is 9.55 Å². The van der Waals surface area contributed by atoms with Crippen LogP contribution in [0.4, 0.5) is 0 Å². The maximum atomic E-state index is 4.22. The molecule has 2 aromatic rings. The number of hydrogen-bond acceptors (Lipinski definition) is 1. The lowest BCUT2D eigenvalue weighted by molar-refractivity contribution is 0.964. The van der Waals surface area contributed by atoms with Crippen molar-refractivity contribution < 1.29 is 0 Å². The molecule has 0 amide bonds. The van der Waals surface area contributed by atoms with Gasteiger partial charge in [0.2, 0.25) is 0 Å². The number of aromatic nitrogens is 2. The number of nitrogens with zero attached hydrogens (tertiary/aromatic N) is 2. The molecule has 0 saturated carbocycles. The Hall–Kier alpha value is -1.31. The monoisotopic (exact) mass is 176 g/mol. The van der Waals surface area contributed by atoms with Crippen LogP contribution >= 0.6 is 0 Å². The van der Waals surface area contributed by atoms with Crippen LogP contribution in [0.5, 0.6) is 0 Å². The van der Waals surface area contributed by atoms with Crippen molar-refractivity contribution in [1.82, 2.24) is 9.55 Å². The van der Waals surface area contributed by atoms with Crippen molar-refractivity contribution in [2.45, 2.75) is 20.8 Å². The molecular weight excluding hydrogens is 160 g/mol. The van der Waals surface area contributed by atoms with Crippen molar-refractivity contribution in [3.8, 4) is 0 Å². The molecule has 0 spiro atoms. The average molecular weight is 176 g/mol. The molecule has 2 rings (SSSR count). The van der Waals surface area contributed by atoms with E-state index < -0.39 is 0 Å². The zero-order chi connectivity index (χ0) is 9.84. The molecule has 2 heterocycles. The Bertz CT molecular complexity index is 388. The molecule has 0 unspecified atom stereocenters. The normalized spacial score (nSPS) is 9.54. The first-order valence-electron chi connectivity index (χ1n) is 4.65. The summed E-state index contributed by atoms with van der Waals surface area (Å²) in [7, 11) is 2.03. The van der Waals surface area contributed by atoms with Gasteiger partial charge >= 0.3 is 0 Å². The zero-order valence-corrected chi connectivity index (χ0v) is 8.70. The highest BCUT2D eigenvalue weighted by atomic mass is 14.9. The molecule has 2 nitrogen and oxygen atoms in total. The first-order chi connectivity index (χ1) is 6.27. The second-order valence-electron chi connectivity index (χ2n) is 2.81. The maximum Gasteiger partial charge on any atom is 0.0664 e. The van der Waals surface area contributed by atoms with Gasteiger partial charge in [-0.1, -0.05) is 13.8 Å². The summed E-state index contributed by atoms with van der Waals surface area (Å²) in [5.41, 5.74) is 2.26. The fourth-order valence-corrected chi connectivity index (χ4v) is 1.27. The van der Waals surface area contributed by atoms with E-state index in [4.69, 9.17) is 0 Å². The highest BCUT2D eigenvalue weighted by Gasteiger charge is 1.96. The fourth-order valence-electron chi connectivity index (χ4n) is 1.27. The molecule has 0 atom stereocenters. The second-order valence-corrected chi connectivity index (χ2v) is 2.81. The molecule has 2 heteroatoms. The van der Waals surface area contributed by atoms with Crippen molar-refractivity contribution in [1.29, 1.82) is 0 Å². The van der Waals surface area contributed by atoms with Gasteiger partial charge in [-0.2, -0.15) is 0 Å². The highest BCUT2D eigenvalue weighted by molar-refractivity contribution is 5.79. The van der Waals surface area contributed by atoms with Gasteiger partial charge in [-0.15, -0.1) is 0 Å². The minimum Gasteiger partial charge on any atom is -0.349 e. The minimum absolute atomic E-state index is 1.07. The van der Waals surface area contributed by atoms with Crippen LogP contribution < -0.4 is 0 Å². The number of pyridine rings is 1.